The van der Waals surface area contributed by atoms with E-state index in [1.807, 2.05) is 18.2 Å². The van der Waals surface area contributed by atoms with E-state index in [1.165, 1.54) is 0 Å². The summed E-state index contributed by atoms with van der Waals surface area (Å²) in [7, 11) is 0. The van der Waals surface area contributed by atoms with Crippen LogP contribution in [0.25, 0.3) is 0 Å². The molecule has 2 atom stereocenters. The number of benzene rings is 1. The lowest BCUT2D eigenvalue weighted by Crippen LogP contribution is -2.38. The molecule has 112 valence electrons. The van der Waals surface area contributed by atoms with E-state index in [2.05, 4.69) is 5.32 Å². The first-order valence-corrected chi connectivity index (χ1v) is 6.45. The number of ether oxygens (including phenoxy) is 2. The molecule has 0 spiro atoms. The summed E-state index contributed by atoms with van der Waals surface area (Å²) in [6.07, 6.45) is -1.30. The molecule has 7 heteroatoms. The third kappa shape index (κ3) is 4.28. The van der Waals surface area contributed by atoms with Crippen molar-refractivity contribution in [3.63, 3.8) is 0 Å². The van der Waals surface area contributed by atoms with Crippen molar-refractivity contribution in [1.29, 1.82) is 0 Å². The fraction of sp³-hybridized carbons (Fsp3) is 0.357. The Morgan fingerprint density at radius 1 is 1.29 bits per heavy atom. The number of carbonyl (C=O) groups is 3. The molecular weight excluding hydrogens is 278 g/mol. The summed E-state index contributed by atoms with van der Waals surface area (Å²) in [6, 6.07) is 8.29. The fourth-order valence-corrected chi connectivity index (χ4v) is 1.87. The second-order valence-corrected chi connectivity index (χ2v) is 4.56. The van der Waals surface area contributed by atoms with Crippen molar-refractivity contribution in [1.82, 2.24) is 5.32 Å². The molecule has 0 radical (unpaired) electrons. The van der Waals surface area contributed by atoms with Crippen molar-refractivity contribution in [3.05, 3.63) is 35.9 Å². The van der Waals surface area contributed by atoms with Crippen molar-refractivity contribution < 1.29 is 29.0 Å². The Labute approximate surface area is 120 Å². The predicted octanol–water partition coefficient (Wildman–Crippen LogP) is 0.436. The van der Waals surface area contributed by atoms with Gasteiger partial charge in [-0.1, -0.05) is 30.3 Å². The van der Waals surface area contributed by atoms with E-state index >= 15 is 0 Å². The highest BCUT2D eigenvalue weighted by Gasteiger charge is 2.38. The topological polar surface area (TPSA) is 102 Å². The Hall–Kier alpha value is -2.41. The van der Waals surface area contributed by atoms with Crippen LogP contribution in [0.1, 0.15) is 18.4 Å². The van der Waals surface area contributed by atoms with E-state index in [1.54, 1.807) is 12.1 Å². The zero-order chi connectivity index (χ0) is 15.2. The van der Waals surface area contributed by atoms with Gasteiger partial charge in [0.15, 0.2) is 0 Å². The van der Waals surface area contributed by atoms with Gasteiger partial charge in [-0.05, 0) is 12.0 Å². The molecule has 1 saturated heterocycles. The van der Waals surface area contributed by atoms with Gasteiger partial charge in [-0.2, -0.15) is 0 Å². The van der Waals surface area contributed by atoms with Crippen LogP contribution < -0.4 is 5.32 Å². The highest BCUT2D eigenvalue weighted by Crippen LogP contribution is 2.12. The third-order valence-corrected chi connectivity index (χ3v) is 2.96. The standard InChI is InChI=1S/C14H15NO6/c16-11(17)7-6-10-13(18)21-12(15-10)14(19)20-8-9-4-2-1-3-5-9/h1-5,10,12,15H,6-8H2,(H,16,17)/t10?,12-/m0/s1. The van der Waals surface area contributed by atoms with E-state index < -0.39 is 30.2 Å². The summed E-state index contributed by atoms with van der Waals surface area (Å²) in [4.78, 5) is 33.7. The summed E-state index contributed by atoms with van der Waals surface area (Å²) in [5, 5.41) is 11.2. The van der Waals surface area contributed by atoms with Crippen LogP contribution in [-0.2, 0) is 30.5 Å². The minimum atomic E-state index is -1.18. The lowest BCUT2D eigenvalue weighted by atomic mass is 10.2. The van der Waals surface area contributed by atoms with Crippen molar-refractivity contribution in [2.24, 2.45) is 0 Å². The lowest BCUT2D eigenvalue weighted by Gasteiger charge is -2.10. The highest BCUT2D eigenvalue weighted by atomic mass is 16.6. The molecule has 1 aromatic carbocycles. The van der Waals surface area contributed by atoms with Gasteiger partial charge in [0.05, 0.1) is 0 Å². The quantitative estimate of drug-likeness (QED) is 0.733. The molecule has 1 aliphatic heterocycles. The van der Waals surface area contributed by atoms with Crippen molar-refractivity contribution in [2.45, 2.75) is 31.7 Å². The second-order valence-electron chi connectivity index (χ2n) is 4.56. The summed E-state index contributed by atoms with van der Waals surface area (Å²) in [6.45, 7) is 0.0786. The largest absolute Gasteiger partial charge is 0.481 e. The van der Waals surface area contributed by atoms with Crippen molar-refractivity contribution in [2.75, 3.05) is 0 Å². The number of rotatable bonds is 6. The van der Waals surface area contributed by atoms with Gasteiger partial charge in [-0.25, -0.2) is 4.79 Å². The number of cyclic esters (lactones) is 1. The van der Waals surface area contributed by atoms with E-state index in [0.717, 1.165) is 5.56 Å². The molecule has 1 fully saturated rings. The van der Waals surface area contributed by atoms with Gasteiger partial charge in [-0.15, -0.1) is 0 Å². The normalized spacial score (nSPS) is 20.9. The van der Waals surface area contributed by atoms with E-state index in [0.29, 0.717) is 0 Å². The van der Waals surface area contributed by atoms with Gasteiger partial charge in [0.1, 0.15) is 12.6 Å². The van der Waals surface area contributed by atoms with Crippen LogP contribution >= 0.6 is 0 Å². The Morgan fingerprint density at radius 2 is 2.00 bits per heavy atom. The minimum absolute atomic E-state index is 0.0661. The molecule has 21 heavy (non-hydrogen) atoms. The maximum Gasteiger partial charge on any atom is 0.363 e. The van der Waals surface area contributed by atoms with E-state index in [9.17, 15) is 14.4 Å². The number of hydrogen-bond acceptors (Lipinski definition) is 6. The second kappa shape index (κ2) is 6.85. The fourth-order valence-electron chi connectivity index (χ4n) is 1.87. The van der Waals surface area contributed by atoms with Gasteiger partial charge in [-0.3, -0.25) is 14.9 Å². The van der Waals surface area contributed by atoms with Gasteiger partial charge in [0.25, 0.3) is 6.23 Å². The molecule has 0 aromatic heterocycles. The van der Waals surface area contributed by atoms with Gasteiger partial charge in [0.2, 0.25) is 0 Å². The molecule has 0 aliphatic carbocycles. The van der Waals surface area contributed by atoms with Crippen LogP contribution in [0, 0.1) is 0 Å². The molecule has 0 bridgehead atoms. The predicted molar refractivity (Wildman–Crippen MR) is 69.9 cm³/mol. The van der Waals surface area contributed by atoms with Crippen molar-refractivity contribution >= 4 is 17.9 Å². The molecule has 0 saturated carbocycles. The SMILES string of the molecule is O=C(O)CCC1N[C@H](C(=O)OCc2ccccc2)OC1=O. The van der Waals surface area contributed by atoms with Crippen LogP contribution in [0.15, 0.2) is 30.3 Å². The molecule has 2 N–H and O–H groups in total. The monoisotopic (exact) mass is 293 g/mol. The summed E-state index contributed by atoms with van der Waals surface area (Å²) < 4.78 is 9.88. The van der Waals surface area contributed by atoms with Crippen molar-refractivity contribution in [3.8, 4) is 0 Å². The number of carboxylic acids is 1. The molecule has 1 aliphatic rings. The molecule has 7 nitrogen and oxygen atoms in total. The van der Waals surface area contributed by atoms with E-state index in [-0.39, 0.29) is 19.4 Å². The number of carboxylic acid groups (broad SMARTS) is 1. The third-order valence-electron chi connectivity index (χ3n) is 2.96. The smallest absolute Gasteiger partial charge is 0.363 e. The van der Waals surface area contributed by atoms with Crippen LogP contribution in [0.4, 0.5) is 0 Å². The highest BCUT2D eigenvalue weighted by molar-refractivity contribution is 5.85. The zero-order valence-electron chi connectivity index (χ0n) is 11.2. The number of esters is 2. The number of carbonyl (C=O) groups excluding carboxylic acids is 2. The zero-order valence-corrected chi connectivity index (χ0v) is 11.2. The molecule has 0 amide bonds. The number of hydrogen-bond donors (Lipinski definition) is 2. The first-order valence-electron chi connectivity index (χ1n) is 6.45. The van der Waals surface area contributed by atoms with Crippen LogP contribution in [-0.4, -0.2) is 35.3 Å². The summed E-state index contributed by atoms with van der Waals surface area (Å²) in [5.41, 5.74) is 0.817. The van der Waals surface area contributed by atoms with Crippen LogP contribution in [0.5, 0.6) is 0 Å². The van der Waals surface area contributed by atoms with Gasteiger partial charge >= 0.3 is 17.9 Å². The lowest BCUT2D eigenvalue weighted by molar-refractivity contribution is -0.163. The Kier molecular flexibility index (Phi) is 4.89. The first-order chi connectivity index (χ1) is 10.1. The Balaban J connectivity index is 1.81. The average Bonchev–Trinajstić information content (AvgIpc) is 2.85. The number of aliphatic carboxylic acids is 1. The molecular formula is C14H15NO6. The molecule has 1 heterocycles. The number of nitrogens with one attached hydrogen (secondary N) is 1. The van der Waals surface area contributed by atoms with Crippen LogP contribution in [0.3, 0.4) is 0 Å². The summed E-state index contributed by atoms with van der Waals surface area (Å²) in [5.74, 6) is -2.36. The maximum absolute atomic E-state index is 11.8. The van der Waals surface area contributed by atoms with E-state index in [4.69, 9.17) is 14.6 Å². The maximum atomic E-state index is 11.8. The molecule has 1 aromatic rings. The summed E-state index contributed by atoms with van der Waals surface area (Å²) >= 11 is 0. The van der Waals surface area contributed by atoms with Gasteiger partial charge in [0, 0.05) is 6.42 Å². The minimum Gasteiger partial charge on any atom is -0.481 e. The van der Waals surface area contributed by atoms with Crippen LogP contribution in [0.2, 0.25) is 0 Å². The molecule has 1 unspecified atom stereocenters. The Bertz CT molecular complexity index is 530. The molecule has 2 rings (SSSR count). The van der Waals surface area contributed by atoms with Gasteiger partial charge < -0.3 is 14.6 Å². The Morgan fingerprint density at radius 3 is 2.67 bits per heavy atom. The average molecular weight is 293 g/mol. The first kappa shape index (κ1) is 15.0.